The standard InChI is InChI=1S/C18H20FNO4S/c19-14-2-1-3-16(10-14)25(22,23)17-7-5-13-4-6-15(12-20-8-9-21)24-18(13)11-17/h1-3,5,7,10-11,15,20-21H,4,6,8-9,12H2/t15-/m1/s1. The van der Waals surface area contributed by atoms with Crippen molar-refractivity contribution in [2.24, 2.45) is 0 Å². The van der Waals surface area contributed by atoms with Gasteiger partial charge >= 0.3 is 0 Å². The number of nitrogens with one attached hydrogen (secondary N) is 1. The van der Waals surface area contributed by atoms with Crippen molar-refractivity contribution in [1.29, 1.82) is 0 Å². The molecular weight excluding hydrogens is 345 g/mol. The summed E-state index contributed by atoms with van der Waals surface area (Å²) in [6.07, 6.45) is 1.54. The monoisotopic (exact) mass is 365 g/mol. The largest absolute Gasteiger partial charge is 0.489 e. The Morgan fingerprint density at radius 3 is 2.76 bits per heavy atom. The minimum absolute atomic E-state index is 0.0549. The summed E-state index contributed by atoms with van der Waals surface area (Å²) in [4.78, 5) is 0.00485. The number of aliphatic hydroxyl groups excluding tert-OH is 1. The van der Waals surface area contributed by atoms with Gasteiger partial charge in [-0.1, -0.05) is 12.1 Å². The van der Waals surface area contributed by atoms with E-state index in [1.807, 2.05) is 0 Å². The van der Waals surface area contributed by atoms with Gasteiger partial charge in [-0.05, 0) is 48.7 Å². The molecule has 5 nitrogen and oxygen atoms in total. The molecule has 0 aliphatic carbocycles. The summed E-state index contributed by atoms with van der Waals surface area (Å²) in [5, 5.41) is 11.9. The highest BCUT2D eigenvalue weighted by Crippen LogP contribution is 2.32. The van der Waals surface area contributed by atoms with Crippen LogP contribution < -0.4 is 10.1 Å². The van der Waals surface area contributed by atoms with E-state index in [0.717, 1.165) is 24.5 Å². The van der Waals surface area contributed by atoms with Gasteiger partial charge in [-0.3, -0.25) is 0 Å². The molecular formula is C18H20FNO4S. The molecule has 0 spiro atoms. The van der Waals surface area contributed by atoms with Gasteiger partial charge in [-0.15, -0.1) is 0 Å². The number of sulfone groups is 1. The second-order valence-electron chi connectivity index (χ2n) is 5.94. The first-order chi connectivity index (χ1) is 12.0. The number of halogens is 1. The third kappa shape index (κ3) is 4.00. The van der Waals surface area contributed by atoms with Crippen molar-refractivity contribution in [3.05, 3.63) is 53.8 Å². The van der Waals surface area contributed by atoms with E-state index >= 15 is 0 Å². The molecule has 0 bridgehead atoms. The lowest BCUT2D eigenvalue weighted by Gasteiger charge is -2.26. The molecule has 134 valence electrons. The minimum Gasteiger partial charge on any atom is -0.489 e. The Kier molecular flexibility index (Phi) is 5.36. The fraction of sp³-hybridized carbons (Fsp3) is 0.333. The summed E-state index contributed by atoms with van der Waals surface area (Å²) < 4.78 is 44.7. The molecule has 2 N–H and O–H groups in total. The number of hydrogen-bond acceptors (Lipinski definition) is 5. The maximum Gasteiger partial charge on any atom is 0.206 e. The van der Waals surface area contributed by atoms with Crippen LogP contribution >= 0.6 is 0 Å². The first-order valence-electron chi connectivity index (χ1n) is 8.12. The predicted octanol–water partition coefficient (Wildman–Crippen LogP) is 1.93. The zero-order valence-corrected chi connectivity index (χ0v) is 14.4. The van der Waals surface area contributed by atoms with E-state index in [9.17, 15) is 12.8 Å². The van der Waals surface area contributed by atoms with Crippen molar-refractivity contribution in [2.45, 2.75) is 28.7 Å². The molecule has 1 aliphatic heterocycles. The highest BCUT2D eigenvalue weighted by molar-refractivity contribution is 7.91. The molecule has 0 unspecified atom stereocenters. The summed E-state index contributed by atoms with van der Waals surface area (Å²) in [6.45, 7) is 1.13. The summed E-state index contributed by atoms with van der Waals surface area (Å²) in [5.74, 6) is -0.0511. The maximum atomic E-state index is 13.4. The Morgan fingerprint density at radius 2 is 2.00 bits per heavy atom. The molecule has 0 radical (unpaired) electrons. The van der Waals surface area contributed by atoms with E-state index < -0.39 is 15.7 Å². The third-order valence-corrected chi connectivity index (χ3v) is 5.89. The first-order valence-corrected chi connectivity index (χ1v) is 9.61. The molecule has 25 heavy (non-hydrogen) atoms. The average Bonchev–Trinajstić information content (AvgIpc) is 2.61. The summed E-state index contributed by atoms with van der Waals surface area (Å²) in [5.41, 5.74) is 0.955. The average molecular weight is 365 g/mol. The van der Waals surface area contributed by atoms with Crippen molar-refractivity contribution in [3.8, 4) is 5.75 Å². The maximum absolute atomic E-state index is 13.4. The number of aliphatic hydroxyl groups is 1. The third-order valence-electron chi connectivity index (χ3n) is 4.15. The van der Waals surface area contributed by atoms with Gasteiger partial charge in [-0.25, -0.2) is 12.8 Å². The first kappa shape index (κ1) is 17.8. The SMILES string of the molecule is O=S(=O)(c1cccc(F)c1)c1ccc2c(c1)O[C@@H](CNCCO)CC2. The fourth-order valence-corrected chi connectivity index (χ4v) is 4.14. The molecule has 0 saturated carbocycles. The number of benzene rings is 2. The Bertz CT molecular complexity index is 854. The second kappa shape index (κ2) is 7.51. The lowest BCUT2D eigenvalue weighted by atomic mass is 10.0. The number of fused-ring (bicyclic) bond motifs is 1. The van der Waals surface area contributed by atoms with Crippen LogP contribution in [0.5, 0.6) is 5.75 Å². The lowest BCUT2D eigenvalue weighted by Crippen LogP contribution is -2.35. The van der Waals surface area contributed by atoms with Gasteiger partial charge in [0, 0.05) is 13.1 Å². The van der Waals surface area contributed by atoms with E-state index in [2.05, 4.69) is 5.32 Å². The molecule has 2 aromatic rings. The highest BCUT2D eigenvalue weighted by atomic mass is 32.2. The van der Waals surface area contributed by atoms with Crippen LogP contribution in [0.4, 0.5) is 4.39 Å². The molecule has 1 aliphatic rings. The summed E-state index contributed by atoms with van der Waals surface area (Å²) in [6, 6.07) is 9.76. The molecule has 3 rings (SSSR count). The smallest absolute Gasteiger partial charge is 0.206 e. The van der Waals surface area contributed by atoms with Crippen LogP contribution in [-0.2, 0) is 16.3 Å². The van der Waals surface area contributed by atoms with Gasteiger partial charge < -0.3 is 15.2 Å². The van der Waals surface area contributed by atoms with Crippen molar-refractivity contribution in [2.75, 3.05) is 19.7 Å². The molecule has 7 heteroatoms. The van der Waals surface area contributed by atoms with Crippen molar-refractivity contribution < 1.29 is 22.7 Å². The summed E-state index contributed by atoms with van der Waals surface area (Å²) in [7, 11) is -3.80. The van der Waals surface area contributed by atoms with Crippen molar-refractivity contribution in [3.63, 3.8) is 0 Å². The van der Waals surface area contributed by atoms with Gasteiger partial charge in [0.2, 0.25) is 9.84 Å². The Labute approximate surface area is 146 Å². The van der Waals surface area contributed by atoms with E-state index in [0.29, 0.717) is 18.8 Å². The van der Waals surface area contributed by atoms with Gasteiger partial charge in [0.1, 0.15) is 17.7 Å². The Balaban J connectivity index is 1.84. The van der Waals surface area contributed by atoms with Crippen LogP contribution in [0.2, 0.25) is 0 Å². The van der Waals surface area contributed by atoms with Crippen LogP contribution in [0.15, 0.2) is 52.3 Å². The Morgan fingerprint density at radius 1 is 1.20 bits per heavy atom. The number of rotatable bonds is 6. The van der Waals surface area contributed by atoms with E-state index in [-0.39, 0.29) is 22.5 Å². The number of aryl methyl sites for hydroxylation is 1. The van der Waals surface area contributed by atoms with Crippen LogP contribution in [0, 0.1) is 5.82 Å². The van der Waals surface area contributed by atoms with Crippen molar-refractivity contribution in [1.82, 2.24) is 5.32 Å². The zero-order chi connectivity index (χ0) is 17.9. The molecule has 1 atom stereocenters. The fourth-order valence-electron chi connectivity index (χ4n) is 2.83. The Hall–Kier alpha value is -1.96. The van der Waals surface area contributed by atoms with E-state index in [1.54, 1.807) is 6.07 Å². The van der Waals surface area contributed by atoms with Gasteiger partial charge in [0.05, 0.1) is 16.4 Å². The zero-order valence-electron chi connectivity index (χ0n) is 13.6. The molecule has 0 fully saturated rings. The van der Waals surface area contributed by atoms with E-state index in [4.69, 9.17) is 9.84 Å². The van der Waals surface area contributed by atoms with Crippen LogP contribution in [0.25, 0.3) is 0 Å². The lowest BCUT2D eigenvalue weighted by molar-refractivity contribution is 0.167. The van der Waals surface area contributed by atoms with Gasteiger partial charge in [0.15, 0.2) is 0 Å². The van der Waals surface area contributed by atoms with Gasteiger partial charge in [-0.2, -0.15) is 0 Å². The van der Waals surface area contributed by atoms with Crippen LogP contribution in [-0.4, -0.2) is 39.3 Å². The molecule has 2 aromatic carbocycles. The van der Waals surface area contributed by atoms with Crippen molar-refractivity contribution >= 4 is 9.84 Å². The van der Waals surface area contributed by atoms with E-state index in [1.165, 1.54) is 30.3 Å². The number of ether oxygens (including phenoxy) is 1. The molecule has 0 amide bonds. The van der Waals surface area contributed by atoms with Crippen LogP contribution in [0.3, 0.4) is 0 Å². The molecule has 1 heterocycles. The molecule has 0 saturated heterocycles. The molecule has 0 aromatic heterocycles. The minimum atomic E-state index is -3.80. The van der Waals surface area contributed by atoms with Gasteiger partial charge in [0.25, 0.3) is 0 Å². The number of hydrogen-bond donors (Lipinski definition) is 2. The predicted molar refractivity (Wildman–Crippen MR) is 91.0 cm³/mol. The normalized spacial score (nSPS) is 17.0. The quantitative estimate of drug-likeness (QED) is 0.765. The second-order valence-corrected chi connectivity index (χ2v) is 7.89. The van der Waals surface area contributed by atoms with Crippen LogP contribution in [0.1, 0.15) is 12.0 Å². The topological polar surface area (TPSA) is 75.6 Å². The highest BCUT2D eigenvalue weighted by Gasteiger charge is 2.24. The summed E-state index contributed by atoms with van der Waals surface area (Å²) >= 11 is 0.